The number of hydrogen-bond acceptors (Lipinski definition) is 1. The first-order valence-corrected chi connectivity index (χ1v) is 16.0. The van der Waals surface area contributed by atoms with E-state index in [-0.39, 0.29) is 0 Å². The molecule has 10 rings (SSSR count). The van der Waals surface area contributed by atoms with Crippen molar-refractivity contribution in [2.45, 2.75) is 6.42 Å². The van der Waals surface area contributed by atoms with Gasteiger partial charge in [-0.1, -0.05) is 97.1 Å². The van der Waals surface area contributed by atoms with Crippen LogP contribution >= 0.6 is 0 Å². The van der Waals surface area contributed by atoms with Crippen LogP contribution in [-0.2, 0) is 6.42 Å². The lowest BCUT2D eigenvalue weighted by molar-refractivity contribution is 1.17. The van der Waals surface area contributed by atoms with Crippen molar-refractivity contribution in [3.05, 3.63) is 168 Å². The van der Waals surface area contributed by atoms with E-state index in [4.69, 9.17) is 0 Å². The molecule has 0 amide bonds. The Bertz CT molecular complexity index is 2720. The summed E-state index contributed by atoms with van der Waals surface area (Å²) in [5, 5.41) is 15.2. The summed E-state index contributed by atoms with van der Waals surface area (Å²) < 4.78 is 4.67. The molecule has 0 saturated heterocycles. The van der Waals surface area contributed by atoms with Crippen molar-refractivity contribution in [2.24, 2.45) is 0 Å². The van der Waals surface area contributed by atoms with Gasteiger partial charge >= 0.3 is 0 Å². The third-order valence-corrected chi connectivity index (χ3v) is 9.96. The van der Waals surface area contributed by atoms with Crippen molar-refractivity contribution in [3.63, 3.8) is 0 Å². The second kappa shape index (κ2) is 9.81. The van der Waals surface area contributed by atoms with Gasteiger partial charge in [-0.15, -0.1) is 0 Å². The summed E-state index contributed by atoms with van der Waals surface area (Å²) in [4.78, 5) is 0. The summed E-state index contributed by atoms with van der Waals surface area (Å²) in [5.41, 5.74) is 15.0. The minimum atomic E-state index is 0.642. The Hall–Kier alpha value is -6.37. The molecule has 0 unspecified atom stereocenters. The normalized spacial score (nSPS) is 12.1. The predicted molar refractivity (Wildman–Crippen MR) is 194 cm³/mol. The monoisotopic (exact) mass is 597 g/mol. The summed E-state index contributed by atoms with van der Waals surface area (Å²) in [6.45, 7) is 0. The highest BCUT2D eigenvalue weighted by molar-refractivity contribution is 6.14. The molecule has 218 valence electrons. The molecule has 0 atom stereocenters. The zero-order chi connectivity index (χ0) is 31.1. The number of benzene rings is 7. The SMILES string of the molecule is N#Cc1cc(-c2ccc(-n3c4ccccc4c4ccccc43)cc2)cc(-n2c3ccccc3c3c4c(ccc32)-c2ccccc2C4)c1. The first-order valence-electron chi connectivity index (χ1n) is 16.0. The van der Waals surface area contributed by atoms with Gasteiger partial charge in [0.25, 0.3) is 0 Å². The van der Waals surface area contributed by atoms with Crippen molar-refractivity contribution in [3.8, 4) is 39.7 Å². The molecule has 1 aliphatic rings. The molecule has 0 aliphatic heterocycles. The molecule has 2 aromatic heterocycles. The minimum Gasteiger partial charge on any atom is -0.309 e. The molecule has 7 aromatic carbocycles. The standard InChI is InChI=1S/C44H27N3/c45-27-28-23-31(29-17-19-32(20-18-29)46-40-14-6-3-11-36(40)37-12-4-7-15-41(37)46)25-33(24-28)47-42-16-8-5-13-38(42)44-39-26-30-9-1-2-10-34(30)35(39)21-22-43(44)47/h1-25H,26H2. The molecule has 0 fully saturated rings. The van der Waals surface area contributed by atoms with Gasteiger partial charge in [-0.2, -0.15) is 5.26 Å². The molecule has 47 heavy (non-hydrogen) atoms. The van der Waals surface area contributed by atoms with Gasteiger partial charge in [0.2, 0.25) is 0 Å². The maximum Gasteiger partial charge on any atom is 0.0992 e. The van der Waals surface area contributed by atoms with Crippen LogP contribution in [0.3, 0.4) is 0 Å². The van der Waals surface area contributed by atoms with Crippen molar-refractivity contribution in [1.82, 2.24) is 9.13 Å². The fraction of sp³-hybridized carbons (Fsp3) is 0.0227. The largest absolute Gasteiger partial charge is 0.309 e. The quantitative estimate of drug-likeness (QED) is 0.199. The fourth-order valence-electron chi connectivity index (χ4n) is 7.95. The van der Waals surface area contributed by atoms with Gasteiger partial charge < -0.3 is 9.13 Å². The van der Waals surface area contributed by atoms with Crippen LogP contribution in [0.2, 0.25) is 0 Å². The molecule has 9 aromatic rings. The van der Waals surface area contributed by atoms with E-state index >= 15 is 0 Å². The summed E-state index contributed by atoms with van der Waals surface area (Å²) in [6.07, 6.45) is 0.929. The third kappa shape index (κ3) is 3.73. The molecule has 3 heteroatoms. The van der Waals surface area contributed by atoms with E-state index in [2.05, 4.69) is 155 Å². The average Bonchev–Trinajstić information content (AvgIpc) is 3.79. The van der Waals surface area contributed by atoms with Crippen LogP contribution in [0.1, 0.15) is 16.7 Å². The van der Waals surface area contributed by atoms with E-state index in [1.54, 1.807) is 0 Å². The first kappa shape index (κ1) is 25.9. The molecule has 3 nitrogen and oxygen atoms in total. The van der Waals surface area contributed by atoms with Gasteiger partial charge in [0.1, 0.15) is 0 Å². The Morgan fingerprint density at radius 1 is 0.468 bits per heavy atom. The summed E-state index contributed by atoms with van der Waals surface area (Å²) in [5.74, 6) is 0. The van der Waals surface area contributed by atoms with Gasteiger partial charge in [-0.3, -0.25) is 0 Å². The second-order valence-corrected chi connectivity index (χ2v) is 12.5. The molecule has 0 saturated carbocycles. The molecule has 0 spiro atoms. The Morgan fingerprint density at radius 3 is 1.81 bits per heavy atom. The van der Waals surface area contributed by atoms with E-state index in [1.807, 2.05) is 12.1 Å². The van der Waals surface area contributed by atoms with Crippen LogP contribution in [0, 0.1) is 11.3 Å². The summed E-state index contributed by atoms with van der Waals surface area (Å²) in [6, 6.07) is 56.5. The number of hydrogen-bond donors (Lipinski definition) is 0. The van der Waals surface area contributed by atoms with E-state index in [0.29, 0.717) is 5.56 Å². The Morgan fingerprint density at radius 2 is 1.09 bits per heavy atom. The van der Waals surface area contributed by atoms with Gasteiger partial charge in [-0.25, -0.2) is 0 Å². The number of para-hydroxylation sites is 3. The first-order chi connectivity index (χ1) is 23.3. The lowest BCUT2D eigenvalue weighted by Crippen LogP contribution is -1.97. The Kier molecular flexibility index (Phi) is 5.41. The number of rotatable bonds is 3. The van der Waals surface area contributed by atoms with E-state index in [1.165, 1.54) is 60.3 Å². The van der Waals surface area contributed by atoms with Crippen LogP contribution in [-0.4, -0.2) is 9.13 Å². The smallest absolute Gasteiger partial charge is 0.0992 e. The Balaban J connectivity index is 1.14. The van der Waals surface area contributed by atoms with Crippen LogP contribution < -0.4 is 0 Å². The number of nitrogens with zero attached hydrogens (tertiary/aromatic N) is 3. The van der Waals surface area contributed by atoms with E-state index in [9.17, 15) is 5.26 Å². The van der Waals surface area contributed by atoms with Gasteiger partial charge in [0, 0.05) is 32.9 Å². The number of aromatic nitrogens is 2. The highest BCUT2D eigenvalue weighted by Gasteiger charge is 2.24. The van der Waals surface area contributed by atoms with Gasteiger partial charge in [0.05, 0.1) is 33.7 Å². The zero-order valence-electron chi connectivity index (χ0n) is 25.5. The van der Waals surface area contributed by atoms with E-state index in [0.717, 1.165) is 34.4 Å². The third-order valence-electron chi connectivity index (χ3n) is 9.96. The maximum atomic E-state index is 10.2. The van der Waals surface area contributed by atoms with Crippen LogP contribution in [0.4, 0.5) is 0 Å². The van der Waals surface area contributed by atoms with Crippen LogP contribution in [0.15, 0.2) is 152 Å². The fourth-order valence-corrected chi connectivity index (χ4v) is 7.95. The molecule has 0 bridgehead atoms. The van der Waals surface area contributed by atoms with E-state index < -0.39 is 0 Å². The highest BCUT2D eigenvalue weighted by Crippen LogP contribution is 2.44. The second-order valence-electron chi connectivity index (χ2n) is 12.5. The van der Waals surface area contributed by atoms with Crippen molar-refractivity contribution >= 4 is 43.6 Å². The minimum absolute atomic E-state index is 0.642. The molecule has 1 aliphatic carbocycles. The van der Waals surface area contributed by atoms with Crippen molar-refractivity contribution in [1.29, 1.82) is 5.26 Å². The predicted octanol–water partition coefficient (Wildman–Crippen LogP) is 11.0. The molecule has 0 radical (unpaired) electrons. The molecule has 0 N–H and O–H groups in total. The summed E-state index contributed by atoms with van der Waals surface area (Å²) >= 11 is 0. The van der Waals surface area contributed by atoms with Gasteiger partial charge in [0.15, 0.2) is 0 Å². The Labute approximate surface area is 271 Å². The van der Waals surface area contributed by atoms with Gasteiger partial charge in [-0.05, 0) is 94.4 Å². The van der Waals surface area contributed by atoms with Crippen molar-refractivity contribution < 1.29 is 0 Å². The van der Waals surface area contributed by atoms with Crippen molar-refractivity contribution in [2.75, 3.05) is 0 Å². The lowest BCUT2D eigenvalue weighted by atomic mass is 10.0. The maximum absolute atomic E-state index is 10.2. The molecule has 2 heterocycles. The lowest BCUT2D eigenvalue weighted by Gasteiger charge is -2.13. The molecular weight excluding hydrogens is 571 g/mol. The number of fused-ring (bicyclic) bond motifs is 10. The number of nitriles is 1. The molecular formula is C44H27N3. The topological polar surface area (TPSA) is 33.6 Å². The van der Waals surface area contributed by atoms with Crippen LogP contribution in [0.5, 0.6) is 0 Å². The zero-order valence-corrected chi connectivity index (χ0v) is 25.5. The average molecular weight is 598 g/mol. The summed E-state index contributed by atoms with van der Waals surface area (Å²) in [7, 11) is 0. The van der Waals surface area contributed by atoms with Crippen LogP contribution in [0.25, 0.3) is 77.2 Å². The highest BCUT2D eigenvalue weighted by atomic mass is 15.0.